The summed E-state index contributed by atoms with van der Waals surface area (Å²) in [5, 5.41) is 0.933. The summed E-state index contributed by atoms with van der Waals surface area (Å²) < 4.78 is 12.5. The maximum atomic E-state index is 11.6. The van der Waals surface area contributed by atoms with Crippen molar-refractivity contribution in [2.24, 2.45) is 0 Å². The molecule has 0 saturated heterocycles. The van der Waals surface area contributed by atoms with Crippen molar-refractivity contribution in [1.29, 1.82) is 0 Å². The molecule has 0 fully saturated rings. The van der Waals surface area contributed by atoms with E-state index in [1.807, 2.05) is 17.7 Å². The molecular formula is C15H14N2O3. The zero-order valence-electron chi connectivity index (χ0n) is 11.3. The number of methoxy groups -OCH3 is 1. The molecule has 0 radical (unpaired) electrons. The van der Waals surface area contributed by atoms with E-state index in [9.17, 15) is 4.79 Å². The van der Waals surface area contributed by atoms with E-state index in [0.717, 1.165) is 22.3 Å². The molecule has 5 heteroatoms. The van der Waals surface area contributed by atoms with Crippen LogP contribution in [-0.4, -0.2) is 22.6 Å². The number of furan rings is 1. The fraction of sp³-hybridized carbons (Fsp3) is 0.200. The standard InChI is InChI=1S/C15H14N2O3/c1-10-12-7-11(15(18)19-2)3-4-13(12)20-14(10)8-17-6-5-16-9-17/h3-7,9H,8H2,1-2H3. The normalized spacial score (nSPS) is 10.9. The Morgan fingerprint density at radius 3 is 3.00 bits per heavy atom. The zero-order chi connectivity index (χ0) is 14.1. The molecule has 2 aromatic heterocycles. The van der Waals surface area contributed by atoms with Gasteiger partial charge in [-0.3, -0.25) is 0 Å². The predicted molar refractivity (Wildman–Crippen MR) is 73.6 cm³/mol. The molecule has 5 nitrogen and oxygen atoms in total. The Bertz CT molecular complexity index is 757. The first-order valence-electron chi connectivity index (χ1n) is 6.25. The van der Waals surface area contributed by atoms with Crippen molar-refractivity contribution in [2.75, 3.05) is 7.11 Å². The molecule has 0 atom stereocenters. The monoisotopic (exact) mass is 270 g/mol. The number of fused-ring (bicyclic) bond motifs is 1. The fourth-order valence-corrected chi connectivity index (χ4v) is 2.21. The number of hydrogen-bond acceptors (Lipinski definition) is 4. The third-order valence-electron chi connectivity index (χ3n) is 3.34. The smallest absolute Gasteiger partial charge is 0.337 e. The largest absolute Gasteiger partial charge is 0.465 e. The van der Waals surface area contributed by atoms with Crippen molar-refractivity contribution < 1.29 is 13.9 Å². The maximum Gasteiger partial charge on any atom is 0.337 e. The number of carbonyl (C=O) groups excluding carboxylic acids is 1. The molecule has 0 amide bonds. The second-order valence-corrected chi connectivity index (χ2v) is 4.59. The Morgan fingerprint density at radius 1 is 1.45 bits per heavy atom. The van der Waals surface area contributed by atoms with E-state index in [-0.39, 0.29) is 5.97 Å². The number of aryl methyl sites for hydroxylation is 1. The van der Waals surface area contributed by atoms with E-state index in [1.165, 1.54) is 7.11 Å². The number of aromatic nitrogens is 2. The first kappa shape index (κ1) is 12.5. The number of esters is 1. The van der Waals surface area contributed by atoms with Gasteiger partial charge < -0.3 is 13.7 Å². The molecule has 0 saturated carbocycles. The van der Waals surface area contributed by atoms with Crippen LogP contribution in [0.3, 0.4) is 0 Å². The van der Waals surface area contributed by atoms with Crippen molar-refractivity contribution >= 4 is 16.9 Å². The third-order valence-corrected chi connectivity index (χ3v) is 3.34. The van der Waals surface area contributed by atoms with Crippen molar-refractivity contribution in [3.05, 3.63) is 53.8 Å². The molecule has 3 aromatic rings. The van der Waals surface area contributed by atoms with E-state index in [0.29, 0.717) is 12.1 Å². The second-order valence-electron chi connectivity index (χ2n) is 4.59. The summed E-state index contributed by atoms with van der Waals surface area (Å²) in [4.78, 5) is 15.6. The summed E-state index contributed by atoms with van der Waals surface area (Å²) in [5.41, 5.74) is 2.32. The molecule has 0 aliphatic carbocycles. The van der Waals surface area contributed by atoms with Crippen LogP contribution in [0.2, 0.25) is 0 Å². The highest BCUT2D eigenvalue weighted by Crippen LogP contribution is 2.27. The number of carbonyl (C=O) groups is 1. The first-order chi connectivity index (χ1) is 9.69. The minimum absolute atomic E-state index is 0.344. The molecular weight excluding hydrogens is 256 g/mol. The van der Waals surface area contributed by atoms with E-state index in [4.69, 9.17) is 9.15 Å². The van der Waals surface area contributed by atoms with Gasteiger partial charge in [0.2, 0.25) is 0 Å². The van der Waals surface area contributed by atoms with Crippen LogP contribution in [0.5, 0.6) is 0 Å². The molecule has 0 bridgehead atoms. The molecule has 2 heterocycles. The topological polar surface area (TPSA) is 57.3 Å². The van der Waals surface area contributed by atoms with Crippen molar-refractivity contribution in [3.8, 4) is 0 Å². The van der Waals surface area contributed by atoms with Gasteiger partial charge in [-0.05, 0) is 25.1 Å². The minimum atomic E-state index is -0.344. The lowest BCUT2D eigenvalue weighted by Gasteiger charge is -1.99. The predicted octanol–water partition coefficient (Wildman–Crippen LogP) is 2.77. The van der Waals surface area contributed by atoms with Gasteiger partial charge in [-0.25, -0.2) is 9.78 Å². The van der Waals surface area contributed by atoms with Crippen LogP contribution in [-0.2, 0) is 11.3 Å². The Morgan fingerprint density at radius 2 is 2.30 bits per heavy atom. The van der Waals surface area contributed by atoms with Gasteiger partial charge in [0, 0.05) is 23.3 Å². The summed E-state index contributed by atoms with van der Waals surface area (Å²) >= 11 is 0. The molecule has 0 N–H and O–H groups in total. The van der Waals surface area contributed by atoms with Crippen LogP contribution in [0.25, 0.3) is 11.0 Å². The Labute approximate surface area is 115 Å². The van der Waals surface area contributed by atoms with E-state index < -0.39 is 0 Å². The van der Waals surface area contributed by atoms with Gasteiger partial charge in [0.15, 0.2) is 0 Å². The Balaban J connectivity index is 2.03. The Hall–Kier alpha value is -2.56. The number of imidazole rings is 1. The molecule has 0 unspecified atom stereocenters. The summed E-state index contributed by atoms with van der Waals surface area (Å²) in [5.74, 6) is 0.517. The second kappa shape index (κ2) is 4.85. The van der Waals surface area contributed by atoms with Crippen LogP contribution >= 0.6 is 0 Å². The molecule has 102 valence electrons. The number of nitrogens with zero attached hydrogens (tertiary/aromatic N) is 2. The Kier molecular flexibility index (Phi) is 3.02. The summed E-state index contributed by atoms with van der Waals surface area (Å²) in [7, 11) is 1.37. The van der Waals surface area contributed by atoms with E-state index in [1.54, 1.807) is 30.7 Å². The number of hydrogen-bond donors (Lipinski definition) is 0. The van der Waals surface area contributed by atoms with Crippen molar-refractivity contribution in [3.63, 3.8) is 0 Å². The molecule has 0 aliphatic rings. The lowest BCUT2D eigenvalue weighted by Crippen LogP contribution is -2.00. The lowest BCUT2D eigenvalue weighted by molar-refractivity contribution is 0.0601. The van der Waals surface area contributed by atoms with Gasteiger partial charge >= 0.3 is 5.97 Å². The van der Waals surface area contributed by atoms with Gasteiger partial charge in [0.25, 0.3) is 0 Å². The van der Waals surface area contributed by atoms with Crippen molar-refractivity contribution in [2.45, 2.75) is 13.5 Å². The summed E-state index contributed by atoms with van der Waals surface area (Å²) in [6.07, 6.45) is 5.35. The quantitative estimate of drug-likeness (QED) is 0.687. The van der Waals surface area contributed by atoms with Crippen LogP contribution in [0.1, 0.15) is 21.7 Å². The molecule has 1 aromatic carbocycles. The molecule has 0 spiro atoms. The molecule has 3 rings (SSSR count). The van der Waals surface area contributed by atoms with Crippen LogP contribution < -0.4 is 0 Å². The van der Waals surface area contributed by atoms with Crippen LogP contribution in [0.15, 0.2) is 41.3 Å². The molecule has 20 heavy (non-hydrogen) atoms. The highest BCUT2D eigenvalue weighted by atomic mass is 16.5. The lowest BCUT2D eigenvalue weighted by atomic mass is 10.1. The van der Waals surface area contributed by atoms with Gasteiger partial charge in [0.05, 0.1) is 25.5 Å². The number of rotatable bonds is 3. The number of ether oxygens (including phenoxy) is 1. The van der Waals surface area contributed by atoms with Crippen LogP contribution in [0, 0.1) is 6.92 Å². The van der Waals surface area contributed by atoms with Gasteiger partial charge in [0.1, 0.15) is 11.3 Å². The highest BCUT2D eigenvalue weighted by molar-refractivity contribution is 5.95. The van der Waals surface area contributed by atoms with E-state index in [2.05, 4.69) is 4.98 Å². The van der Waals surface area contributed by atoms with Gasteiger partial charge in [-0.2, -0.15) is 0 Å². The minimum Gasteiger partial charge on any atom is -0.465 e. The van der Waals surface area contributed by atoms with Gasteiger partial charge in [-0.15, -0.1) is 0 Å². The summed E-state index contributed by atoms with van der Waals surface area (Å²) in [6, 6.07) is 5.31. The fourth-order valence-electron chi connectivity index (χ4n) is 2.21. The first-order valence-corrected chi connectivity index (χ1v) is 6.25. The highest BCUT2D eigenvalue weighted by Gasteiger charge is 2.13. The summed E-state index contributed by atoms with van der Waals surface area (Å²) in [6.45, 7) is 2.60. The SMILES string of the molecule is COC(=O)c1ccc2oc(Cn3ccnc3)c(C)c2c1. The van der Waals surface area contributed by atoms with Crippen LogP contribution in [0.4, 0.5) is 0 Å². The average molecular weight is 270 g/mol. The third kappa shape index (κ3) is 2.07. The molecule has 0 aliphatic heterocycles. The van der Waals surface area contributed by atoms with Gasteiger partial charge in [-0.1, -0.05) is 0 Å². The van der Waals surface area contributed by atoms with E-state index >= 15 is 0 Å². The zero-order valence-corrected chi connectivity index (χ0v) is 11.3. The number of benzene rings is 1. The van der Waals surface area contributed by atoms with Crippen molar-refractivity contribution in [1.82, 2.24) is 9.55 Å². The average Bonchev–Trinajstić information content (AvgIpc) is 3.08. The maximum absolute atomic E-state index is 11.6.